The molecule has 0 aliphatic heterocycles. The average Bonchev–Trinajstić information content (AvgIpc) is 2.67. The summed E-state index contributed by atoms with van der Waals surface area (Å²) >= 11 is 6.15. The zero-order valence-electron chi connectivity index (χ0n) is 16.2. The number of carbonyl (C=O) groups is 1. The fourth-order valence-electron chi connectivity index (χ4n) is 3.11. The van der Waals surface area contributed by atoms with E-state index in [0.29, 0.717) is 11.4 Å². The molecule has 1 atom stereocenters. The van der Waals surface area contributed by atoms with Gasteiger partial charge < -0.3 is 10.1 Å². The van der Waals surface area contributed by atoms with E-state index in [2.05, 4.69) is 5.32 Å². The highest BCUT2D eigenvalue weighted by Gasteiger charge is 2.29. The summed E-state index contributed by atoms with van der Waals surface area (Å²) in [5.74, 6) is -0.0465. The Morgan fingerprint density at radius 2 is 1.76 bits per heavy atom. The number of sulfonamides is 1. The lowest BCUT2D eigenvalue weighted by molar-refractivity contribution is -0.116. The van der Waals surface area contributed by atoms with Crippen LogP contribution in [-0.4, -0.2) is 33.7 Å². The van der Waals surface area contributed by atoms with E-state index in [4.69, 9.17) is 16.3 Å². The topological polar surface area (TPSA) is 75.7 Å². The molecule has 0 spiro atoms. The highest BCUT2D eigenvalue weighted by Crippen LogP contribution is 2.31. The molecular formula is C21H21ClN2O4S. The van der Waals surface area contributed by atoms with Crippen molar-refractivity contribution in [3.05, 3.63) is 65.7 Å². The number of anilines is 2. The van der Waals surface area contributed by atoms with Crippen molar-refractivity contribution in [2.24, 2.45) is 0 Å². The number of carbonyl (C=O) groups excluding carboxylic acids is 1. The maximum Gasteiger partial charge on any atom is 0.247 e. The fraction of sp³-hybridized carbons (Fsp3) is 0.190. The van der Waals surface area contributed by atoms with Gasteiger partial charge in [-0.3, -0.25) is 9.10 Å². The second-order valence-corrected chi connectivity index (χ2v) is 8.87. The summed E-state index contributed by atoms with van der Waals surface area (Å²) in [7, 11) is -2.29. The van der Waals surface area contributed by atoms with E-state index in [1.807, 2.05) is 36.4 Å². The van der Waals surface area contributed by atoms with Gasteiger partial charge in [0.1, 0.15) is 11.8 Å². The smallest absolute Gasteiger partial charge is 0.247 e. The molecule has 0 fully saturated rings. The van der Waals surface area contributed by atoms with E-state index >= 15 is 0 Å². The Bertz CT molecular complexity index is 1160. The van der Waals surface area contributed by atoms with E-state index in [0.717, 1.165) is 21.3 Å². The molecule has 0 aromatic heterocycles. The van der Waals surface area contributed by atoms with Gasteiger partial charge in [-0.05, 0) is 48.0 Å². The molecular weight excluding hydrogens is 412 g/mol. The minimum atomic E-state index is -3.75. The predicted molar refractivity (Wildman–Crippen MR) is 117 cm³/mol. The van der Waals surface area contributed by atoms with E-state index in [9.17, 15) is 13.2 Å². The molecule has 3 aromatic carbocycles. The van der Waals surface area contributed by atoms with Crippen LogP contribution in [-0.2, 0) is 14.8 Å². The van der Waals surface area contributed by atoms with Crippen LogP contribution in [0.3, 0.4) is 0 Å². The van der Waals surface area contributed by atoms with Crippen LogP contribution in [0.1, 0.15) is 6.92 Å². The van der Waals surface area contributed by atoms with Crippen molar-refractivity contribution in [3.8, 4) is 5.75 Å². The van der Waals surface area contributed by atoms with Gasteiger partial charge in [0, 0.05) is 5.69 Å². The van der Waals surface area contributed by atoms with E-state index in [1.165, 1.54) is 20.1 Å². The molecule has 6 nitrogen and oxygen atoms in total. The van der Waals surface area contributed by atoms with Gasteiger partial charge in [-0.1, -0.05) is 41.9 Å². The number of halogens is 1. The number of amides is 1. The molecule has 0 aliphatic carbocycles. The average molecular weight is 433 g/mol. The number of fused-ring (bicyclic) bond motifs is 1. The van der Waals surface area contributed by atoms with Crippen molar-refractivity contribution in [2.75, 3.05) is 23.0 Å². The van der Waals surface area contributed by atoms with Gasteiger partial charge >= 0.3 is 0 Å². The molecule has 0 unspecified atom stereocenters. The first-order chi connectivity index (χ1) is 13.7. The summed E-state index contributed by atoms with van der Waals surface area (Å²) in [6.07, 6.45) is 1.05. The quantitative estimate of drug-likeness (QED) is 0.630. The number of nitrogens with zero attached hydrogens (tertiary/aromatic N) is 1. The Kier molecular flexibility index (Phi) is 6.00. The van der Waals surface area contributed by atoms with Gasteiger partial charge in [-0.15, -0.1) is 0 Å². The van der Waals surface area contributed by atoms with Crippen LogP contribution in [0.2, 0.25) is 5.02 Å². The van der Waals surface area contributed by atoms with Gasteiger partial charge in [0.2, 0.25) is 15.9 Å². The third-order valence-electron chi connectivity index (χ3n) is 4.50. The van der Waals surface area contributed by atoms with Crippen LogP contribution < -0.4 is 14.4 Å². The van der Waals surface area contributed by atoms with E-state index in [1.54, 1.807) is 18.2 Å². The monoisotopic (exact) mass is 432 g/mol. The molecule has 0 aliphatic rings. The zero-order chi connectivity index (χ0) is 21.2. The highest BCUT2D eigenvalue weighted by molar-refractivity contribution is 7.92. The molecule has 1 amide bonds. The van der Waals surface area contributed by atoms with Crippen LogP contribution in [0, 0.1) is 0 Å². The molecule has 3 aromatic rings. The Hall–Kier alpha value is -2.77. The van der Waals surface area contributed by atoms with E-state index in [-0.39, 0.29) is 10.7 Å². The lowest BCUT2D eigenvalue weighted by atomic mass is 10.1. The number of hydrogen-bond donors (Lipinski definition) is 1. The zero-order valence-corrected chi connectivity index (χ0v) is 17.8. The van der Waals surface area contributed by atoms with Crippen molar-refractivity contribution < 1.29 is 17.9 Å². The molecule has 29 heavy (non-hydrogen) atoms. The fourth-order valence-corrected chi connectivity index (χ4v) is 4.53. The number of benzene rings is 3. The number of hydrogen-bond acceptors (Lipinski definition) is 4. The Balaban J connectivity index is 1.89. The number of methoxy groups -OCH3 is 1. The second-order valence-electron chi connectivity index (χ2n) is 6.60. The third-order valence-corrected chi connectivity index (χ3v) is 6.03. The van der Waals surface area contributed by atoms with Crippen molar-refractivity contribution in [2.45, 2.75) is 13.0 Å². The summed E-state index contributed by atoms with van der Waals surface area (Å²) in [6, 6.07) is 16.8. The molecule has 0 radical (unpaired) electrons. The lowest BCUT2D eigenvalue weighted by Crippen LogP contribution is -2.45. The minimum Gasteiger partial charge on any atom is -0.495 e. The summed E-state index contributed by atoms with van der Waals surface area (Å²) < 4.78 is 31.0. The van der Waals surface area contributed by atoms with Gasteiger partial charge in [0.15, 0.2) is 0 Å². The predicted octanol–water partition coefficient (Wildman–Crippen LogP) is 4.30. The Labute approximate surface area is 175 Å². The van der Waals surface area contributed by atoms with Crippen molar-refractivity contribution in [3.63, 3.8) is 0 Å². The first-order valence-corrected chi connectivity index (χ1v) is 11.1. The largest absolute Gasteiger partial charge is 0.495 e. The first kappa shape index (κ1) is 21.0. The maximum absolute atomic E-state index is 12.8. The first-order valence-electron chi connectivity index (χ1n) is 8.83. The number of nitrogens with one attached hydrogen (secondary N) is 1. The van der Waals surface area contributed by atoms with Crippen molar-refractivity contribution >= 4 is 49.7 Å². The molecule has 3 rings (SSSR count). The summed E-state index contributed by atoms with van der Waals surface area (Å²) in [5.41, 5.74) is 0.862. The third kappa shape index (κ3) is 4.63. The SMILES string of the molecule is COc1ccc(N([C@@H](C)C(=O)Nc2ccc3ccccc3c2)S(C)(=O)=O)cc1Cl. The molecule has 152 valence electrons. The van der Waals surface area contributed by atoms with Crippen molar-refractivity contribution in [1.29, 1.82) is 0 Å². The number of rotatable bonds is 6. The Morgan fingerprint density at radius 1 is 1.07 bits per heavy atom. The molecule has 0 heterocycles. The maximum atomic E-state index is 12.8. The molecule has 0 saturated heterocycles. The summed E-state index contributed by atoms with van der Waals surface area (Å²) in [5, 5.41) is 5.06. The molecule has 1 N–H and O–H groups in total. The van der Waals surface area contributed by atoms with Crippen LogP contribution in [0.4, 0.5) is 11.4 Å². The van der Waals surface area contributed by atoms with Crippen LogP contribution in [0.15, 0.2) is 60.7 Å². The molecule has 0 bridgehead atoms. The van der Waals surface area contributed by atoms with Gasteiger partial charge in [-0.25, -0.2) is 8.42 Å². The van der Waals surface area contributed by atoms with Gasteiger partial charge in [0.25, 0.3) is 0 Å². The highest BCUT2D eigenvalue weighted by atomic mass is 35.5. The normalized spacial score (nSPS) is 12.4. The van der Waals surface area contributed by atoms with Gasteiger partial charge in [0.05, 0.1) is 24.1 Å². The van der Waals surface area contributed by atoms with Crippen LogP contribution >= 0.6 is 11.6 Å². The lowest BCUT2D eigenvalue weighted by Gasteiger charge is -2.28. The standard InChI is InChI=1S/C21H21ClN2O4S/c1-14(21(25)23-17-9-8-15-6-4-5-7-16(15)12-17)24(29(3,26)27)18-10-11-20(28-2)19(22)13-18/h4-14H,1-3H3,(H,23,25)/t14-/m0/s1. The molecule has 8 heteroatoms. The van der Waals surface area contributed by atoms with Crippen LogP contribution in [0.5, 0.6) is 5.75 Å². The second kappa shape index (κ2) is 8.31. The summed E-state index contributed by atoms with van der Waals surface area (Å²) in [4.78, 5) is 12.8. The Morgan fingerprint density at radius 3 is 2.38 bits per heavy atom. The number of ether oxygens (including phenoxy) is 1. The minimum absolute atomic E-state index is 0.251. The molecule has 0 saturated carbocycles. The van der Waals surface area contributed by atoms with E-state index < -0.39 is 22.0 Å². The summed E-state index contributed by atoms with van der Waals surface area (Å²) in [6.45, 7) is 1.52. The van der Waals surface area contributed by atoms with Crippen LogP contribution in [0.25, 0.3) is 10.8 Å². The van der Waals surface area contributed by atoms with Gasteiger partial charge in [-0.2, -0.15) is 0 Å². The van der Waals surface area contributed by atoms with Crippen molar-refractivity contribution in [1.82, 2.24) is 0 Å².